The van der Waals surface area contributed by atoms with E-state index in [1.165, 1.54) is 0 Å². The van der Waals surface area contributed by atoms with Gasteiger partial charge in [0.05, 0.1) is 29.3 Å². The van der Waals surface area contributed by atoms with Crippen LogP contribution in [-0.4, -0.2) is 41.0 Å². The number of hydrogen-bond donors (Lipinski definition) is 2. The van der Waals surface area contributed by atoms with Gasteiger partial charge in [-0.15, -0.1) is 0 Å². The Morgan fingerprint density at radius 1 is 1.21 bits per heavy atom. The molecule has 4 rings (SSSR count). The number of phenols is 1. The quantitative estimate of drug-likeness (QED) is 0.523. The van der Waals surface area contributed by atoms with Crippen molar-refractivity contribution in [2.45, 2.75) is 13.0 Å². The summed E-state index contributed by atoms with van der Waals surface area (Å²) in [5.41, 5.74) is 3.60. The van der Waals surface area contributed by atoms with Gasteiger partial charge in [0.25, 0.3) is 0 Å². The number of benzene rings is 2. The molecule has 0 radical (unpaired) electrons. The van der Waals surface area contributed by atoms with Crippen LogP contribution in [0.2, 0.25) is 0 Å². The number of para-hydroxylation sites is 2. The molecule has 2 N–H and O–H groups in total. The molecule has 7 heteroatoms. The fourth-order valence-electron chi connectivity index (χ4n) is 3.53. The Morgan fingerprint density at radius 2 is 2.04 bits per heavy atom. The lowest BCUT2D eigenvalue weighted by atomic mass is 9.95. The van der Waals surface area contributed by atoms with Gasteiger partial charge >= 0.3 is 5.97 Å². The van der Waals surface area contributed by atoms with Gasteiger partial charge in [0.15, 0.2) is 0 Å². The third kappa shape index (κ3) is 3.10. The third-order valence-electron chi connectivity index (χ3n) is 4.76. The molecular weight excluding hydrogens is 358 g/mol. The Morgan fingerprint density at radius 3 is 2.82 bits per heavy atom. The zero-order chi connectivity index (χ0) is 19.7. The molecule has 28 heavy (non-hydrogen) atoms. The Hall–Kier alpha value is -3.32. The average Bonchev–Trinajstić information content (AvgIpc) is 3.04. The second-order valence-corrected chi connectivity index (χ2v) is 6.58. The topological polar surface area (TPSA) is 85.6 Å². The maximum absolute atomic E-state index is 12.9. The fourth-order valence-corrected chi connectivity index (χ4v) is 3.53. The van der Waals surface area contributed by atoms with Crippen LogP contribution in [0.5, 0.6) is 5.75 Å². The van der Waals surface area contributed by atoms with E-state index in [4.69, 9.17) is 9.47 Å². The highest BCUT2D eigenvalue weighted by atomic mass is 16.6. The molecule has 1 aliphatic heterocycles. The number of carbonyl (C=O) groups excluding carboxylic acids is 1. The van der Waals surface area contributed by atoms with E-state index in [2.05, 4.69) is 10.3 Å². The number of ether oxygens (including phenoxy) is 2. The number of aromatic nitrogens is 2. The molecule has 0 spiro atoms. The van der Waals surface area contributed by atoms with Gasteiger partial charge in [0.1, 0.15) is 12.4 Å². The molecule has 0 fully saturated rings. The number of hydrogen-bond acceptors (Lipinski definition) is 6. The van der Waals surface area contributed by atoms with E-state index in [-0.39, 0.29) is 12.4 Å². The van der Waals surface area contributed by atoms with E-state index in [0.717, 1.165) is 16.6 Å². The van der Waals surface area contributed by atoms with Crippen LogP contribution in [0.25, 0.3) is 11.0 Å². The lowest BCUT2D eigenvalue weighted by molar-refractivity contribution is -0.140. The molecule has 144 valence electrons. The summed E-state index contributed by atoms with van der Waals surface area (Å²) >= 11 is 0. The standard InChI is InChI=1S/C21H21N3O4/c1-13-18(20(26)28-11-10-27-2)19(14-6-5-7-15(25)12-14)24-17-9-4-3-8-16(17)23-21(24)22-13/h3-9,12,19,25H,10-11H2,1-2H3,(H,22,23)/t19-/m1/s1. The SMILES string of the molecule is COCCOC(=O)C1=C(C)Nc2nc3ccccc3n2[C@@H]1c1cccc(O)c1. The van der Waals surface area contributed by atoms with Crippen molar-refractivity contribution in [2.24, 2.45) is 0 Å². The molecule has 1 atom stereocenters. The lowest BCUT2D eigenvalue weighted by Gasteiger charge is -2.30. The number of imidazole rings is 1. The van der Waals surface area contributed by atoms with Crippen LogP contribution in [0.4, 0.5) is 5.95 Å². The second-order valence-electron chi connectivity index (χ2n) is 6.58. The van der Waals surface area contributed by atoms with Crippen LogP contribution in [-0.2, 0) is 14.3 Å². The van der Waals surface area contributed by atoms with E-state index < -0.39 is 12.0 Å². The van der Waals surface area contributed by atoms with Crippen molar-refractivity contribution in [3.8, 4) is 5.75 Å². The number of esters is 1. The normalized spacial score (nSPS) is 16.0. The van der Waals surface area contributed by atoms with Crippen molar-refractivity contribution in [2.75, 3.05) is 25.6 Å². The molecule has 0 saturated heterocycles. The van der Waals surface area contributed by atoms with Gasteiger partial charge in [-0.1, -0.05) is 24.3 Å². The molecule has 2 heterocycles. The highest BCUT2D eigenvalue weighted by Crippen LogP contribution is 2.40. The van der Waals surface area contributed by atoms with Crippen molar-refractivity contribution in [1.29, 1.82) is 0 Å². The van der Waals surface area contributed by atoms with Gasteiger partial charge < -0.3 is 19.9 Å². The molecule has 1 aliphatic rings. The summed E-state index contributed by atoms with van der Waals surface area (Å²) in [7, 11) is 1.56. The lowest BCUT2D eigenvalue weighted by Crippen LogP contribution is -2.29. The highest BCUT2D eigenvalue weighted by molar-refractivity contribution is 5.94. The van der Waals surface area contributed by atoms with Gasteiger partial charge in [-0.25, -0.2) is 9.78 Å². The van der Waals surface area contributed by atoms with Crippen molar-refractivity contribution >= 4 is 23.0 Å². The predicted molar refractivity (Wildman–Crippen MR) is 105 cm³/mol. The molecule has 0 amide bonds. The van der Waals surface area contributed by atoms with Gasteiger partial charge in [0, 0.05) is 12.8 Å². The number of nitrogens with one attached hydrogen (secondary N) is 1. The fraction of sp³-hybridized carbons (Fsp3) is 0.238. The monoisotopic (exact) mass is 379 g/mol. The van der Waals surface area contributed by atoms with Crippen LogP contribution < -0.4 is 5.32 Å². The van der Waals surface area contributed by atoms with Crippen molar-refractivity contribution < 1.29 is 19.4 Å². The number of nitrogens with zero attached hydrogens (tertiary/aromatic N) is 2. The van der Waals surface area contributed by atoms with Gasteiger partial charge in [0.2, 0.25) is 5.95 Å². The maximum atomic E-state index is 12.9. The minimum Gasteiger partial charge on any atom is -0.508 e. The van der Waals surface area contributed by atoms with E-state index >= 15 is 0 Å². The molecule has 1 aromatic heterocycles. The van der Waals surface area contributed by atoms with E-state index in [1.807, 2.05) is 41.8 Å². The summed E-state index contributed by atoms with van der Waals surface area (Å²) in [5.74, 6) is 0.339. The largest absolute Gasteiger partial charge is 0.508 e. The minimum atomic E-state index is -0.481. The molecule has 0 unspecified atom stereocenters. The minimum absolute atomic E-state index is 0.131. The third-order valence-corrected chi connectivity index (χ3v) is 4.76. The highest BCUT2D eigenvalue weighted by Gasteiger charge is 2.35. The van der Waals surface area contributed by atoms with Gasteiger partial charge in [-0.3, -0.25) is 4.57 Å². The number of rotatable bonds is 5. The first-order valence-corrected chi connectivity index (χ1v) is 9.00. The maximum Gasteiger partial charge on any atom is 0.338 e. The van der Waals surface area contributed by atoms with Crippen LogP contribution in [0.3, 0.4) is 0 Å². The van der Waals surface area contributed by atoms with Crippen LogP contribution in [0.15, 0.2) is 59.8 Å². The summed E-state index contributed by atoms with van der Waals surface area (Å²) in [4.78, 5) is 17.6. The van der Waals surface area contributed by atoms with Crippen molar-refractivity contribution in [3.05, 3.63) is 65.4 Å². The number of aromatic hydroxyl groups is 1. The van der Waals surface area contributed by atoms with Crippen LogP contribution in [0.1, 0.15) is 18.5 Å². The second kappa shape index (κ2) is 7.36. The Kier molecular flexibility index (Phi) is 4.75. The van der Waals surface area contributed by atoms with Gasteiger partial charge in [-0.05, 0) is 36.8 Å². The number of phenolic OH excluding ortho intramolecular Hbond substituents is 1. The molecule has 7 nitrogen and oxygen atoms in total. The molecule has 0 saturated carbocycles. The number of carbonyl (C=O) groups is 1. The summed E-state index contributed by atoms with van der Waals surface area (Å²) in [6.07, 6.45) is 0. The van der Waals surface area contributed by atoms with E-state index in [9.17, 15) is 9.90 Å². The van der Waals surface area contributed by atoms with Crippen molar-refractivity contribution in [3.63, 3.8) is 0 Å². The zero-order valence-electron chi connectivity index (χ0n) is 15.7. The predicted octanol–water partition coefficient (Wildman–Crippen LogP) is 3.22. The van der Waals surface area contributed by atoms with E-state index in [1.54, 1.807) is 25.3 Å². The van der Waals surface area contributed by atoms with Gasteiger partial charge in [-0.2, -0.15) is 0 Å². The summed E-state index contributed by atoms with van der Waals surface area (Å²) in [5, 5.41) is 13.3. The molecule has 0 aliphatic carbocycles. The number of allylic oxidation sites excluding steroid dienone is 1. The Balaban J connectivity index is 1.88. The first-order chi connectivity index (χ1) is 13.6. The smallest absolute Gasteiger partial charge is 0.338 e. The van der Waals surface area contributed by atoms with E-state index in [0.29, 0.717) is 23.8 Å². The molecular formula is C21H21N3O4. The molecule has 2 aromatic carbocycles. The average molecular weight is 379 g/mol. The summed E-state index contributed by atoms with van der Waals surface area (Å²) < 4.78 is 12.4. The first kappa shape index (κ1) is 18.1. The Labute approximate surface area is 162 Å². The zero-order valence-corrected chi connectivity index (χ0v) is 15.7. The Bertz CT molecular complexity index is 1070. The summed E-state index contributed by atoms with van der Waals surface area (Å²) in [6, 6.07) is 14.1. The number of fused-ring (bicyclic) bond motifs is 3. The summed E-state index contributed by atoms with van der Waals surface area (Å²) in [6.45, 7) is 2.31. The van der Waals surface area contributed by atoms with Crippen LogP contribution in [0, 0.1) is 0 Å². The first-order valence-electron chi connectivity index (χ1n) is 9.00. The van der Waals surface area contributed by atoms with Crippen LogP contribution >= 0.6 is 0 Å². The molecule has 3 aromatic rings. The molecule has 0 bridgehead atoms. The number of anilines is 1. The van der Waals surface area contributed by atoms with Crippen molar-refractivity contribution in [1.82, 2.24) is 9.55 Å². The number of methoxy groups -OCH3 is 1.